The Bertz CT molecular complexity index is 1670. The van der Waals surface area contributed by atoms with Crippen molar-refractivity contribution in [2.45, 2.75) is 90.8 Å². The van der Waals surface area contributed by atoms with Crippen LogP contribution in [0.25, 0.3) is 22.2 Å². The Morgan fingerprint density at radius 2 is 1.32 bits per heavy atom. The molecule has 4 bridgehead atoms. The van der Waals surface area contributed by atoms with Crippen molar-refractivity contribution in [2.75, 3.05) is 26.2 Å². The minimum atomic E-state index is 0.130. The third kappa shape index (κ3) is 7.41. The summed E-state index contributed by atoms with van der Waals surface area (Å²) in [6, 6.07) is 13.8. The number of benzene rings is 2. The molecule has 0 radical (unpaired) electrons. The van der Waals surface area contributed by atoms with Crippen molar-refractivity contribution in [3.05, 3.63) is 59.8 Å². The number of carbonyl (C=O) groups is 1. The molecule has 4 aromatic rings. The van der Waals surface area contributed by atoms with Gasteiger partial charge in [-0.25, -0.2) is 9.97 Å². The number of fused-ring (bicyclic) bond motifs is 8. The molecular formula is C37H49N5O5. The first kappa shape index (κ1) is 34.6. The van der Waals surface area contributed by atoms with Gasteiger partial charge in [0.1, 0.15) is 11.0 Å². The quantitative estimate of drug-likeness (QED) is 0.257. The minimum Gasteiger partial charge on any atom is -0.441 e. The highest BCUT2D eigenvalue weighted by atomic mass is 16.3. The lowest BCUT2D eigenvalue weighted by atomic mass is 9.65. The third-order valence-corrected chi connectivity index (χ3v) is 11.1. The molecule has 2 atom stereocenters. The van der Waals surface area contributed by atoms with Crippen molar-refractivity contribution in [2.24, 2.45) is 23.5 Å². The summed E-state index contributed by atoms with van der Waals surface area (Å²) in [6.07, 6.45) is 6.01. The van der Waals surface area contributed by atoms with Crippen LogP contribution in [0.3, 0.4) is 0 Å². The van der Waals surface area contributed by atoms with E-state index in [4.69, 9.17) is 24.2 Å². The van der Waals surface area contributed by atoms with E-state index in [2.05, 4.69) is 47.5 Å². The molecule has 0 unspecified atom stereocenters. The van der Waals surface area contributed by atoms with Crippen molar-refractivity contribution in [1.82, 2.24) is 19.8 Å². The average molecular weight is 644 g/mol. The molecular weight excluding hydrogens is 594 g/mol. The zero-order valence-electron chi connectivity index (χ0n) is 28.6. The molecule has 6 saturated heterocycles. The monoisotopic (exact) mass is 643 g/mol. The van der Waals surface area contributed by atoms with Gasteiger partial charge in [0, 0.05) is 43.0 Å². The van der Waals surface area contributed by atoms with Gasteiger partial charge in [-0.15, -0.1) is 0 Å². The summed E-state index contributed by atoms with van der Waals surface area (Å²) in [5, 5.41) is 0. The van der Waals surface area contributed by atoms with Gasteiger partial charge in [-0.2, -0.15) is 9.59 Å². The molecule has 0 spiro atoms. The van der Waals surface area contributed by atoms with E-state index in [1.165, 1.54) is 51.9 Å². The highest BCUT2D eigenvalue weighted by Gasteiger charge is 2.48. The van der Waals surface area contributed by atoms with Crippen LogP contribution in [0.5, 0.6) is 0 Å². The summed E-state index contributed by atoms with van der Waals surface area (Å²) in [4.78, 5) is 42.7. The number of ketones is 1. The van der Waals surface area contributed by atoms with E-state index in [1.54, 1.807) is 0 Å². The Hall–Kier alpha value is -3.69. The highest BCUT2D eigenvalue weighted by molar-refractivity contribution is 5.98. The Morgan fingerprint density at radius 3 is 1.83 bits per heavy atom. The third-order valence-electron chi connectivity index (χ3n) is 11.1. The fraction of sp³-hybridized carbons (Fsp3) is 0.568. The van der Waals surface area contributed by atoms with Gasteiger partial charge < -0.3 is 14.6 Å². The van der Waals surface area contributed by atoms with Crippen LogP contribution in [-0.2, 0) is 9.59 Å². The molecule has 2 aromatic carbocycles. The van der Waals surface area contributed by atoms with Gasteiger partial charge in [0.25, 0.3) is 0 Å². The SMILES string of the molecule is CC1(C)[C@H](N)C2CCN1CC2.Cc1nc2cc(C(=O)C[C@@H]3C4CCN(CC4)C3(C)C)ccc2o1.Cc1nc2ccccc2o1.O=C=O. The van der Waals surface area contributed by atoms with Crippen LogP contribution < -0.4 is 5.73 Å². The van der Waals surface area contributed by atoms with Crippen LogP contribution in [0.4, 0.5) is 0 Å². The first-order valence-corrected chi connectivity index (χ1v) is 16.8. The molecule has 2 aromatic heterocycles. The molecule has 10 rings (SSSR count). The normalized spacial score (nSPS) is 27.8. The van der Waals surface area contributed by atoms with Gasteiger partial charge in [0.2, 0.25) is 0 Å². The second kappa shape index (κ2) is 14.2. The first-order valence-electron chi connectivity index (χ1n) is 16.8. The Balaban J connectivity index is 0.000000150. The maximum absolute atomic E-state index is 12.9. The second-order valence-corrected chi connectivity index (χ2v) is 14.4. The Kier molecular flexibility index (Phi) is 10.5. The number of rotatable bonds is 3. The summed E-state index contributed by atoms with van der Waals surface area (Å²) < 4.78 is 10.8. The predicted molar refractivity (Wildman–Crippen MR) is 180 cm³/mol. The molecule has 0 aliphatic carbocycles. The van der Waals surface area contributed by atoms with Crippen molar-refractivity contribution in [1.29, 1.82) is 0 Å². The van der Waals surface area contributed by atoms with E-state index in [1.807, 2.05) is 56.3 Å². The zero-order chi connectivity index (χ0) is 33.9. The molecule has 252 valence electrons. The summed E-state index contributed by atoms with van der Waals surface area (Å²) in [7, 11) is 0. The lowest BCUT2D eigenvalue weighted by Crippen LogP contribution is -2.67. The van der Waals surface area contributed by atoms with E-state index in [9.17, 15) is 4.79 Å². The number of piperidine rings is 6. The van der Waals surface area contributed by atoms with E-state index in [0.717, 1.165) is 39.6 Å². The smallest absolute Gasteiger partial charge is 0.373 e. The van der Waals surface area contributed by atoms with Gasteiger partial charge in [0.05, 0.1) is 0 Å². The molecule has 8 heterocycles. The van der Waals surface area contributed by atoms with Crippen molar-refractivity contribution in [3.63, 3.8) is 0 Å². The average Bonchev–Trinajstić information content (AvgIpc) is 3.62. The number of hydrogen-bond acceptors (Lipinski definition) is 10. The standard InChI is InChI=1S/C19H24N2O2.C9H18N2.C8H7NO.CO2/c1-12-20-16-10-14(4-5-18(16)23-12)17(22)11-15-13-6-8-21(9-7-13)19(15,2)3;1-9(2)8(10)7-3-5-11(9)6-4-7;1-6-9-7-4-2-3-5-8(7)10-6;2-1-3/h4-5,10,13,15H,6-9,11H2,1-3H3;7-8H,3-6,10H2,1-2H3;2-5H,1H3;/t15-;8-;;/m11../s1. The number of nitrogens with zero attached hydrogens (tertiary/aromatic N) is 4. The van der Waals surface area contributed by atoms with Crippen LogP contribution in [0.15, 0.2) is 51.3 Å². The Morgan fingerprint density at radius 1 is 0.809 bits per heavy atom. The van der Waals surface area contributed by atoms with E-state index < -0.39 is 0 Å². The number of aryl methyl sites for hydroxylation is 2. The maximum atomic E-state index is 12.9. The van der Waals surface area contributed by atoms with Gasteiger partial charge in [-0.05, 0) is 128 Å². The molecule has 0 saturated carbocycles. The number of aromatic nitrogens is 2. The van der Waals surface area contributed by atoms with Gasteiger partial charge in [0.15, 0.2) is 28.7 Å². The zero-order valence-corrected chi connectivity index (χ0v) is 28.6. The van der Waals surface area contributed by atoms with E-state index in [-0.39, 0.29) is 23.0 Å². The van der Waals surface area contributed by atoms with Gasteiger partial charge in [-0.1, -0.05) is 12.1 Å². The topological polar surface area (TPSA) is 136 Å². The summed E-state index contributed by atoms with van der Waals surface area (Å²) in [6.45, 7) is 17.8. The predicted octanol–water partition coefficient (Wildman–Crippen LogP) is 6.20. The van der Waals surface area contributed by atoms with Crippen molar-refractivity contribution < 1.29 is 23.2 Å². The summed E-state index contributed by atoms with van der Waals surface area (Å²) in [5.74, 6) is 3.54. The molecule has 0 amide bonds. The number of carbonyl (C=O) groups excluding carboxylic acids is 3. The van der Waals surface area contributed by atoms with Crippen molar-refractivity contribution in [3.8, 4) is 0 Å². The fourth-order valence-electron chi connectivity index (χ4n) is 8.25. The van der Waals surface area contributed by atoms with Crippen molar-refractivity contribution >= 4 is 34.1 Å². The number of oxazole rings is 2. The maximum Gasteiger partial charge on any atom is 0.373 e. The summed E-state index contributed by atoms with van der Waals surface area (Å²) >= 11 is 0. The van der Waals surface area contributed by atoms with Gasteiger partial charge >= 0.3 is 6.15 Å². The lowest BCUT2D eigenvalue weighted by molar-refractivity contribution is -0.191. The van der Waals surface area contributed by atoms with Gasteiger partial charge in [-0.3, -0.25) is 14.6 Å². The van der Waals surface area contributed by atoms with E-state index in [0.29, 0.717) is 30.2 Å². The molecule has 47 heavy (non-hydrogen) atoms. The highest BCUT2D eigenvalue weighted by Crippen LogP contribution is 2.45. The molecule has 10 nitrogen and oxygen atoms in total. The molecule has 10 heteroatoms. The molecule has 2 N–H and O–H groups in total. The largest absolute Gasteiger partial charge is 0.441 e. The first-order chi connectivity index (χ1) is 22.3. The van der Waals surface area contributed by atoms with Crippen LogP contribution in [0, 0.1) is 31.6 Å². The second-order valence-electron chi connectivity index (χ2n) is 14.4. The van der Waals surface area contributed by atoms with E-state index >= 15 is 0 Å². The van der Waals surface area contributed by atoms with Crippen LogP contribution >= 0.6 is 0 Å². The molecule has 6 aliphatic heterocycles. The van der Waals surface area contributed by atoms with Crippen LogP contribution in [0.2, 0.25) is 0 Å². The number of Topliss-reactive ketones (excluding diaryl/α,β-unsaturated/α-hetero) is 1. The lowest BCUT2D eigenvalue weighted by Gasteiger charge is -2.56. The minimum absolute atomic E-state index is 0.130. The Labute approximate surface area is 277 Å². The fourth-order valence-corrected chi connectivity index (χ4v) is 8.25. The number of para-hydroxylation sites is 2. The number of hydrogen-bond donors (Lipinski definition) is 1. The van der Waals surface area contributed by atoms with Crippen LogP contribution in [0.1, 0.15) is 81.9 Å². The van der Waals surface area contributed by atoms with Crippen LogP contribution in [-0.4, -0.2) is 75.0 Å². The molecule has 6 fully saturated rings. The number of nitrogens with two attached hydrogens (primary N) is 1. The molecule has 6 aliphatic rings. The summed E-state index contributed by atoms with van der Waals surface area (Å²) in [5.41, 5.74) is 10.6.